The maximum absolute atomic E-state index is 10.1. The van der Waals surface area contributed by atoms with Crippen LogP contribution in [-0.4, -0.2) is 17.1 Å². The van der Waals surface area contributed by atoms with Gasteiger partial charge in [0.25, 0.3) is 0 Å². The predicted octanol–water partition coefficient (Wildman–Crippen LogP) is -0.201. The van der Waals surface area contributed by atoms with Crippen LogP contribution in [0, 0.1) is 0 Å². The molecule has 0 aliphatic heterocycles. The van der Waals surface area contributed by atoms with Gasteiger partial charge >= 0.3 is 0 Å². The predicted molar refractivity (Wildman–Crippen MR) is 34.6 cm³/mol. The normalized spacial score (nSPS) is 12.6. The molecule has 0 unspecified atom stereocenters. The molecule has 0 aromatic heterocycles. The van der Waals surface area contributed by atoms with Crippen molar-refractivity contribution in [2.75, 3.05) is 0 Å². The highest BCUT2D eigenvalue weighted by Crippen LogP contribution is 1.95. The van der Waals surface area contributed by atoms with Gasteiger partial charge in [-0.2, -0.15) is 0 Å². The third-order valence-electron chi connectivity index (χ3n) is 0.876. The fourth-order valence-corrected chi connectivity index (χ4v) is 0.508. The standard InChI is InChI=1S/C6H11NO2/c1-2-3-5(8)4-6(7)9/h2,5,8H,1,3-4H2,(H2,7,9)/t5-/m1/s1. The van der Waals surface area contributed by atoms with Crippen LogP contribution in [0.1, 0.15) is 12.8 Å². The molecular weight excluding hydrogens is 118 g/mol. The van der Waals surface area contributed by atoms with Crippen molar-refractivity contribution in [3.63, 3.8) is 0 Å². The highest BCUT2D eigenvalue weighted by atomic mass is 16.3. The van der Waals surface area contributed by atoms with E-state index in [4.69, 9.17) is 10.8 Å². The molecule has 0 saturated carbocycles. The molecule has 3 nitrogen and oxygen atoms in total. The summed E-state index contributed by atoms with van der Waals surface area (Å²) < 4.78 is 0. The van der Waals surface area contributed by atoms with Gasteiger partial charge in [0.05, 0.1) is 12.5 Å². The van der Waals surface area contributed by atoms with Crippen molar-refractivity contribution in [2.45, 2.75) is 18.9 Å². The second-order valence-corrected chi connectivity index (χ2v) is 1.85. The lowest BCUT2D eigenvalue weighted by atomic mass is 10.2. The van der Waals surface area contributed by atoms with Crippen LogP contribution in [0.3, 0.4) is 0 Å². The van der Waals surface area contributed by atoms with Gasteiger partial charge in [-0.05, 0) is 6.42 Å². The first-order valence-electron chi connectivity index (χ1n) is 2.74. The van der Waals surface area contributed by atoms with Crippen molar-refractivity contribution in [3.05, 3.63) is 12.7 Å². The number of rotatable bonds is 4. The van der Waals surface area contributed by atoms with Crippen molar-refractivity contribution < 1.29 is 9.90 Å². The Bertz CT molecular complexity index is 112. The molecule has 0 aromatic carbocycles. The lowest BCUT2D eigenvalue weighted by Crippen LogP contribution is -2.19. The molecule has 0 bridgehead atoms. The van der Waals surface area contributed by atoms with Crippen LogP contribution in [0.15, 0.2) is 12.7 Å². The van der Waals surface area contributed by atoms with Crippen LogP contribution >= 0.6 is 0 Å². The second-order valence-electron chi connectivity index (χ2n) is 1.85. The van der Waals surface area contributed by atoms with E-state index < -0.39 is 12.0 Å². The number of aliphatic hydroxyl groups is 1. The van der Waals surface area contributed by atoms with E-state index in [-0.39, 0.29) is 6.42 Å². The fraction of sp³-hybridized carbons (Fsp3) is 0.500. The van der Waals surface area contributed by atoms with Crippen molar-refractivity contribution in [2.24, 2.45) is 5.73 Å². The Balaban J connectivity index is 3.37. The summed E-state index contributed by atoms with van der Waals surface area (Å²) in [4.78, 5) is 10.1. The molecule has 0 rings (SSSR count). The second kappa shape index (κ2) is 4.09. The number of primary amides is 1. The SMILES string of the molecule is C=CC[C@@H](O)CC(N)=O. The zero-order valence-electron chi connectivity index (χ0n) is 5.21. The van der Waals surface area contributed by atoms with E-state index in [1.807, 2.05) is 0 Å². The summed E-state index contributed by atoms with van der Waals surface area (Å²) >= 11 is 0. The topological polar surface area (TPSA) is 63.3 Å². The number of carbonyl (C=O) groups excluding carboxylic acids is 1. The van der Waals surface area contributed by atoms with Gasteiger partial charge < -0.3 is 10.8 Å². The molecule has 9 heavy (non-hydrogen) atoms. The first-order valence-corrected chi connectivity index (χ1v) is 2.74. The van der Waals surface area contributed by atoms with E-state index in [0.29, 0.717) is 6.42 Å². The largest absolute Gasteiger partial charge is 0.392 e. The van der Waals surface area contributed by atoms with Crippen molar-refractivity contribution in [3.8, 4) is 0 Å². The van der Waals surface area contributed by atoms with E-state index >= 15 is 0 Å². The van der Waals surface area contributed by atoms with Gasteiger partial charge in [-0.25, -0.2) is 0 Å². The number of nitrogens with two attached hydrogens (primary N) is 1. The van der Waals surface area contributed by atoms with E-state index in [1.165, 1.54) is 0 Å². The van der Waals surface area contributed by atoms with Crippen LogP contribution < -0.4 is 5.73 Å². The smallest absolute Gasteiger partial charge is 0.220 e. The third kappa shape index (κ3) is 5.03. The molecule has 3 N–H and O–H groups in total. The minimum atomic E-state index is -0.653. The maximum atomic E-state index is 10.1. The van der Waals surface area contributed by atoms with Gasteiger partial charge in [-0.15, -0.1) is 6.58 Å². The van der Waals surface area contributed by atoms with Crippen LogP contribution in [-0.2, 0) is 4.79 Å². The average molecular weight is 129 g/mol. The Morgan fingerprint density at radius 1 is 1.89 bits per heavy atom. The summed E-state index contributed by atoms with van der Waals surface area (Å²) in [6.45, 7) is 3.40. The molecule has 0 fully saturated rings. The van der Waals surface area contributed by atoms with E-state index in [2.05, 4.69) is 6.58 Å². The highest BCUT2D eigenvalue weighted by molar-refractivity contribution is 5.74. The number of hydrogen-bond acceptors (Lipinski definition) is 2. The summed E-state index contributed by atoms with van der Waals surface area (Å²) in [7, 11) is 0. The molecule has 1 atom stereocenters. The monoisotopic (exact) mass is 129 g/mol. The Kier molecular flexibility index (Phi) is 3.71. The van der Waals surface area contributed by atoms with Crippen LogP contribution in [0.25, 0.3) is 0 Å². The van der Waals surface area contributed by atoms with Crippen molar-refractivity contribution in [1.82, 2.24) is 0 Å². The zero-order chi connectivity index (χ0) is 7.28. The number of hydrogen-bond donors (Lipinski definition) is 2. The Labute approximate surface area is 54.2 Å². The summed E-state index contributed by atoms with van der Waals surface area (Å²) in [5, 5.41) is 8.85. The molecule has 1 amide bonds. The number of aliphatic hydroxyl groups excluding tert-OH is 1. The Morgan fingerprint density at radius 3 is 2.78 bits per heavy atom. The molecule has 0 aliphatic carbocycles. The van der Waals surface area contributed by atoms with E-state index in [9.17, 15) is 4.79 Å². The highest BCUT2D eigenvalue weighted by Gasteiger charge is 2.03. The quantitative estimate of drug-likeness (QED) is 0.516. The molecule has 0 spiro atoms. The fourth-order valence-electron chi connectivity index (χ4n) is 0.508. The molecular formula is C6H11NO2. The molecule has 3 heteroatoms. The first-order chi connectivity index (χ1) is 4.16. The zero-order valence-corrected chi connectivity index (χ0v) is 5.21. The van der Waals surface area contributed by atoms with Crippen LogP contribution in [0.5, 0.6) is 0 Å². The molecule has 52 valence electrons. The first kappa shape index (κ1) is 8.17. The van der Waals surface area contributed by atoms with E-state index in [1.54, 1.807) is 6.08 Å². The molecule has 0 heterocycles. The van der Waals surface area contributed by atoms with Gasteiger partial charge in [0, 0.05) is 0 Å². The van der Waals surface area contributed by atoms with E-state index in [0.717, 1.165) is 0 Å². The molecule has 0 aliphatic rings. The molecule has 0 radical (unpaired) electrons. The van der Waals surface area contributed by atoms with Gasteiger partial charge in [-0.1, -0.05) is 6.08 Å². The molecule has 0 saturated heterocycles. The summed E-state index contributed by atoms with van der Waals surface area (Å²) in [6.07, 6.45) is 1.34. The Morgan fingerprint density at radius 2 is 2.44 bits per heavy atom. The maximum Gasteiger partial charge on any atom is 0.220 e. The van der Waals surface area contributed by atoms with Crippen LogP contribution in [0.4, 0.5) is 0 Å². The average Bonchev–Trinajstić information content (AvgIpc) is 1.63. The number of amides is 1. The van der Waals surface area contributed by atoms with Gasteiger partial charge in [0.15, 0.2) is 0 Å². The third-order valence-corrected chi connectivity index (χ3v) is 0.876. The Hall–Kier alpha value is -0.830. The summed E-state index contributed by atoms with van der Waals surface area (Å²) in [6, 6.07) is 0. The summed E-state index contributed by atoms with van der Waals surface area (Å²) in [5.41, 5.74) is 4.79. The number of carbonyl (C=O) groups is 1. The van der Waals surface area contributed by atoms with Crippen molar-refractivity contribution >= 4 is 5.91 Å². The van der Waals surface area contributed by atoms with Crippen LogP contribution in [0.2, 0.25) is 0 Å². The van der Waals surface area contributed by atoms with Gasteiger partial charge in [0.1, 0.15) is 0 Å². The minimum Gasteiger partial charge on any atom is -0.392 e. The van der Waals surface area contributed by atoms with Gasteiger partial charge in [0.2, 0.25) is 5.91 Å². The molecule has 0 aromatic rings. The minimum absolute atomic E-state index is 0.0199. The van der Waals surface area contributed by atoms with Gasteiger partial charge in [-0.3, -0.25) is 4.79 Å². The lowest BCUT2D eigenvalue weighted by molar-refractivity contribution is -0.119. The lowest BCUT2D eigenvalue weighted by Gasteiger charge is -2.01. The van der Waals surface area contributed by atoms with Crippen molar-refractivity contribution in [1.29, 1.82) is 0 Å². The summed E-state index contributed by atoms with van der Waals surface area (Å²) in [5.74, 6) is -0.482.